The van der Waals surface area contributed by atoms with Crippen LogP contribution >= 0.6 is 0 Å². The lowest BCUT2D eigenvalue weighted by Crippen LogP contribution is -2.31. The van der Waals surface area contributed by atoms with Crippen LogP contribution in [0, 0.1) is 0 Å². The second-order valence-corrected chi connectivity index (χ2v) is 5.97. The first-order valence-electron chi connectivity index (χ1n) is 8.57. The van der Waals surface area contributed by atoms with E-state index in [1.807, 2.05) is 6.92 Å². The Morgan fingerprint density at radius 2 is 2.27 bits per heavy atom. The minimum atomic E-state index is 0.296. The highest BCUT2D eigenvalue weighted by atomic mass is 16.5. The Balaban J connectivity index is 1.78. The van der Waals surface area contributed by atoms with E-state index >= 15 is 0 Å². The standard InChI is InChI=1S/C18H30N2O2/c1-4-16-13-20-17-12-15(7-8-18(17)22-16)11-14(3)19-9-6-10-21-5-2/h7-8,12,14,16,19-20H,4-6,9-11,13H2,1-3H3. The topological polar surface area (TPSA) is 42.5 Å². The Morgan fingerprint density at radius 1 is 1.41 bits per heavy atom. The molecule has 0 amide bonds. The van der Waals surface area contributed by atoms with Crippen molar-refractivity contribution < 1.29 is 9.47 Å². The molecule has 0 aliphatic carbocycles. The zero-order valence-electron chi connectivity index (χ0n) is 14.2. The van der Waals surface area contributed by atoms with Gasteiger partial charge in [0, 0.05) is 19.3 Å². The molecule has 2 rings (SSSR count). The maximum absolute atomic E-state index is 5.95. The summed E-state index contributed by atoms with van der Waals surface area (Å²) < 4.78 is 11.3. The Bertz CT molecular complexity index is 451. The molecular weight excluding hydrogens is 276 g/mol. The van der Waals surface area contributed by atoms with Crippen LogP contribution in [0.15, 0.2) is 18.2 Å². The van der Waals surface area contributed by atoms with Gasteiger partial charge in [0.15, 0.2) is 0 Å². The number of hydrogen-bond acceptors (Lipinski definition) is 4. The average Bonchev–Trinajstić information content (AvgIpc) is 2.54. The van der Waals surface area contributed by atoms with E-state index in [-0.39, 0.29) is 0 Å². The van der Waals surface area contributed by atoms with E-state index in [1.165, 1.54) is 5.56 Å². The second-order valence-electron chi connectivity index (χ2n) is 5.97. The molecule has 1 aromatic carbocycles. The third-order valence-corrected chi connectivity index (χ3v) is 4.02. The normalized spacial score (nSPS) is 18.2. The molecule has 4 nitrogen and oxygen atoms in total. The first-order chi connectivity index (χ1) is 10.7. The van der Waals surface area contributed by atoms with Crippen LogP contribution in [0.25, 0.3) is 0 Å². The quantitative estimate of drug-likeness (QED) is 0.688. The Labute approximate surface area is 134 Å². The Hall–Kier alpha value is -1.26. The molecule has 0 radical (unpaired) electrons. The summed E-state index contributed by atoms with van der Waals surface area (Å²) >= 11 is 0. The lowest BCUT2D eigenvalue weighted by Gasteiger charge is -2.27. The molecule has 2 N–H and O–H groups in total. The number of hydrogen-bond donors (Lipinski definition) is 2. The molecule has 0 saturated heterocycles. The zero-order valence-corrected chi connectivity index (χ0v) is 14.2. The summed E-state index contributed by atoms with van der Waals surface area (Å²) in [4.78, 5) is 0. The van der Waals surface area contributed by atoms with Gasteiger partial charge in [0.1, 0.15) is 11.9 Å². The number of anilines is 1. The molecule has 1 aliphatic rings. The van der Waals surface area contributed by atoms with Crippen LogP contribution < -0.4 is 15.4 Å². The summed E-state index contributed by atoms with van der Waals surface area (Å²) in [6.07, 6.45) is 3.43. The lowest BCUT2D eigenvalue weighted by atomic mass is 10.0. The highest BCUT2D eigenvalue weighted by molar-refractivity contribution is 5.59. The predicted molar refractivity (Wildman–Crippen MR) is 91.9 cm³/mol. The molecule has 1 aromatic rings. The third-order valence-electron chi connectivity index (χ3n) is 4.02. The molecule has 4 heteroatoms. The molecule has 2 unspecified atom stereocenters. The summed E-state index contributed by atoms with van der Waals surface area (Å²) in [7, 11) is 0. The molecule has 0 spiro atoms. The van der Waals surface area contributed by atoms with Crippen molar-refractivity contribution in [2.75, 3.05) is 31.6 Å². The van der Waals surface area contributed by atoms with Crippen LogP contribution in [0.3, 0.4) is 0 Å². The van der Waals surface area contributed by atoms with Crippen LogP contribution in [0.2, 0.25) is 0 Å². The number of rotatable bonds is 9. The first-order valence-corrected chi connectivity index (χ1v) is 8.57. The minimum Gasteiger partial charge on any atom is -0.486 e. The average molecular weight is 306 g/mol. The minimum absolute atomic E-state index is 0.296. The van der Waals surface area contributed by atoms with Gasteiger partial charge in [-0.25, -0.2) is 0 Å². The van der Waals surface area contributed by atoms with Crippen molar-refractivity contribution in [1.29, 1.82) is 0 Å². The van der Waals surface area contributed by atoms with Crippen LogP contribution in [-0.4, -0.2) is 38.4 Å². The highest BCUT2D eigenvalue weighted by Gasteiger charge is 2.17. The number of nitrogens with one attached hydrogen (secondary N) is 2. The Kier molecular flexibility index (Phi) is 7.00. The van der Waals surface area contributed by atoms with E-state index in [4.69, 9.17) is 9.47 Å². The summed E-state index contributed by atoms with van der Waals surface area (Å²) in [5.41, 5.74) is 2.47. The van der Waals surface area contributed by atoms with Crippen molar-refractivity contribution in [3.63, 3.8) is 0 Å². The second kappa shape index (κ2) is 9.01. The van der Waals surface area contributed by atoms with Gasteiger partial charge < -0.3 is 20.1 Å². The SMILES string of the molecule is CCOCCCNC(C)Cc1ccc2c(c1)NCC(CC)O2. The van der Waals surface area contributed by atoms with E-state index in [1.54, 1.807) is 0 Å². The fourth-order valence-electron chi connectivity index (χ4n) is 2.71. The maximum Gasteiger partial charge on any atom is 0.142 e. The van der Waals surface area contributed by atoms with Gasteiger partial charge in [0.2, 0.25) is 0 Å². The van der Waals surface area contributed by atoms with Gasteiger partial charge in [-0.05, 0) is 57.4 Å². The summed E-state index contributed by atoms with van der Waals surface area (Å²) in [6.45, 7) is 9.98. The van der Waals surface area contributed by atoms with Gasteiger partial charge in [0.05, 0.1) is 12.2 Å². The smallest absolute Gasteiger partial charge is 0.142 e. The molecule has 1 heterocycles. The van der Waals surface area contributed by atoms with Crippen LogP contribution in [0.4, 0.5) is 5.69 Å². The fraction of sp³-hybridized carbons (Fsp3) is 0.667. The van der Waals surface area contributed by atoms with Gasteiger partial charge in [0.25, 0.3) is 0 Å². The molecule has 0 bridgehead atoms. The number of fused-ring (bicyclic) bond motifs is 1. The third kappa shape index (κ3) is 5.18. The van der Waals surface area contributed by atoms with Gasteiger partial charge in [-0.2, -0.15) is 0 Å². The summed E-state index contributed by atoms with van der Waals surface area (Å²) in [5.74, 6) is 0.985. The van der Waals surface area contributed by atoms with Crippen molar-refractivity contribution in [3.8, 4) is 5.75 Å². The fourth-order valence-corrected chi connectivity index (χ4v) is 2.71. The summed E-state index contributed by atoms with van der Waals surface area (Å²) in [6, 6.07) is 6.96. The van der Waals surface area contributed by atoms with E-state index in [2.05, 4.69) is 42.7 Å². The van der Waals surface area contributed by atoms with Crippen molar-refractivity contribution >= 4 is 5.69 Å². The van der Waals surface area contributed by atoms with Gasteiger partial charge in [-0.15, -0.1) is 0 Å². The van der Waals surface area contributed by atoms with Crippen LogP contribution in [0.1, 0.15) is 39.2 Å². The molecular formula is C18H30N2O2. The van der Waals surface area contributed by atoms with Crippen molar-refractivity contribution in [3.05, 3.63) is 23.8 Å². The molecule has 1 aliphatic heterocycles. The number of benzene rings is 1. The lowest BCUT2D eigenvalue weighted by molar-refractivity contribution is 0.144. The van der Waals surface area contributed by atoms with E-state index in [9.17, 15) is 0 Å². The van der Waals surface area contributed by atoms with Crippen molar-refractivity contribution in [2.45, 2.75) is 52.2 Å². The monoisotopic (exact) mass is 306 g/mol. The highest BCUT2D eigenvalue weighted by Crippen LogP contribution is 2.30. The molecule has 0 fully saturated rings. The summed E-state index contributed by atoms with van der Waals surface area (Å²) in [5, 5.41) is 7.04. The largest absolute Gasteiger partial charge is 0.486 e. The number of ether oxygens (including phenoxy) is 2. The van der Waals surface area contributed by atoms with Gasteiger partial charge >= 0.3 is 0 Å². The maximum atomic E-state index is 5.95. The van der Waals surface area contributed by atoms with Crippen LogP contribution in [0.5, 0.6) is 5.75 Å². The van der Waals surface area contributed by atoms with Crippen molar-refractivity contribution in [2.24, 2.45) is 0 Å². The Morgan fingerprint density at radius 3 is 3.05 bits per heavy atom. The molecule has 22 heavy (non-hydrogen) atoms. The van der Waals surface area contributed by atoms with Crippen LogP contribution in [-0.2, 0) is 11.2 Å². The predicted octanol–water partition coefficient (Wildman–Crippen LogP) is 3.22. The molecule has 0 aromatic heterocycles. The van der Waals surface area contributed by atoms with Gasteiger partial charge in [-0.3, -0.25) is 0 Å². The van der Waals surface area contributed by atoms with E-state index < -0.39 is 0 Å². The van der Waals surface area contributed by atoms with Gasteiger partial charge in [-0.1, -0.05) is 13.0 Å². The zero-order chi connectivity index (χ0) is 15.8. The van der Waals surface area contributed by atoms with E-state index in [0.29, 0.717) is 12.1 Å². The molecule has 2 atom stereocenters. The first kappa shape index (κ1) is 17.1. The molecule has 124 valence electrons. The van der Waals surface area contributed by atoms with E-state index in [0.717, 1.165) is 57.0 Å². The molecule has 0 saturated carbocycles. The van der Waals surface area contributed by atoms with Crippen molar-refractivity contribution in [1.82, 2.24) is 5.32 Å².